The van der Waals surface area contributed by atoms with Crippen molar-refractivity contribution in [1.29, 1.82) is 0 Å². The Hall–Kier alpha value is -1.71. The highest BCUT2D eigenvalue weighted by Gasteiger charge is 2.15. The zero-order chi connectivity index (χ0) is 12.8. The SMILES string of the molecule is O=C(NCc1ccc(O)cc1)NC1CCCCC1. The molecule has 0 aromatic heterocycles. The summed E-state index contributed by atoms with van der Waals surface area (Å²) in [7, 11) is 0. The first-order valence-corrected chi connectivity index (χ1v) is 6.56. The summed E-state index contributed by atoms with van der Waals surface area (Å²) in [5.41, 5.74) is 0.978. The number of aromatic hydroxyl groups is 1. The fourth-order valence-electron chi connectivity index (χ4n) is 2.28. The highest BCUT2D eigenvalue weighted by molar-refractivity contribution is 5.74. The molecule has 4 nitrogen and oxygen atoms in total. The summed E-state index contributed by atoms with van der Waals surface area (Å²) >= 11 is 0. The van der Waals surface area contributed by atoms with Crippen molar-refractivity contribution in [2.24, 2.45) is 0 Å². The topological polar surface area (TPSA) is 61.4 Å². The van der Waals surface area contributed by atoms with E-state index < -0.39 is 0 Å². The van der Waals surface area contributed by atoms with Gasteiger partial charge in [-0.25, -0.2) is 4.79 Å². The lowest BCUT2D eigenvalue weighted by atomic mass is 9.96. The third kappa shape index (κ3) is 3.95. The summed E-state index contributed by atoms with van der Waals surface area (Å²) in [5, 5.41) is 15.0. The van der Waals surface area contributed by atoms with Crippen molar-refractivity contribution in [2.75, 3.05) is 0 Å². The van der Waals surface area contributed by atoms with Crippen LogP contribution in [0.3, 0.4) is 0 Å². The van der Waals surface area contributed by atoms with Crippen LogP contribution in [0.5, 0.6) is 5.75 Å². The average molecular weight is 248 g/mol. The van der Waals surface area contributed by atoms with Gasteiger partial charge >= 0.3 is 6.03 Å². The van der Waals surface area contributed by atoms with Crippen molar-refractivity contribution in [3.05, 3.63) is 29.8 Å². The summed E-state index contributed by atoms with van der Waals surface area (Å²) in [5.74, 6) is 0.241. The molecule has 0 spiro atoms. The van der Waals surface area contributed by atoms with Gasteiger partial charge in [0.25, 0.3) is 0 Å². The summed E-state index contributed by atoms with van der Waals surface area (Å²) < 4.78 is 0. The van der Waals surface area contributed by atoms with Crippen molar-refractivity contribution in [3.8, 4) is 5.75 Å². The molecular formula is C14H20N2O2. The van der Waals surface area contributed by atoms with Gasteiger partial charge in [0.15, 0.2) is 0 Å². The van der Waals surface area contributed by atoms with E-state index in [-0.39, 0.29) is 11.8 Å². The number of amides is 2. The number of phenols is 1. The van der Waals surface area contributed by atoms with E-state index in [0.717, 1.165) is 18.4 Å². The minimum Gasteiger partial charge on any atom is -0.508 e. The van der Waals surface area contributed by atoms with Gasteiger partial charge in [0.05, 0.1) is 0 Å². The second-order valence-electron chi connectivity index (χ2n) is 4.83. The molecule has 0 saturated heterocycles. The van der Waals surface area contributed by atoms with Crippen LogP contribution in [-0.4, -0.2) is 17.2 Å². The molecule has 98 valence electrons. The standard InChI is InChI=1S/C14H20N2O2/c17-13-8-6-11(7-9-13)10-15-14(18)16-12-4-2-1-3-5-12/h6-9,12,17H,1-5,10H2,(H2,15,16,18). The van der Waals surface area contributed by atoms with Crippen molar-refractivity contribution < 1.29 is 9.90 Å². The number of urea groups is 1. The largest absolute Gasteiger partial charge is 0.508 e. The van der Waals surface area contributed by atoms with Gasteiger partial charge in [-0.15, -0.1) is 0 Å². The quantitative estimate of drug-likeness (QED) is 0.769. The van der Waals surface area contributed by atoms with Crippen molar-refractivity contribution >= 4 is 6.03 Å². The maximum Gasteiger partial charge on any atom is 0.315 e. The summed E-state index contributed by atoms with van der Waals surface area (Å²) in [6.45, 7) is 0.485. The van der Waals surface area contributed by atoms with Gasteiger partial charge in [0.1, 0.15) is 5.75 Å². The van der Waals surface area contributed by atoms with Gasteiger partial charge in [0.2, 0.25) is 0 Å². The highest BCUT2D eigenvalue weighted by atomic mass is 16.3. The lowest BCUT2D eigenvalue weighted by Crippen LogP contribution is -2.42. The van der Waals surface area contributed by atoms with E-state index in [4.69, 9.17) is 5.11 Å². The smallest absolute Gasteiger partial charge is 0.315 e. The Kier molecular flexibility index (Phi) is 4.45. The van der Waals surface area contributed by atoms with Crippen LogP contribution in [0.25, 0.3) is 0 Å². The predicted molar refractivity (Wildman–Crippen MR) is 70.4 cm³/mol. The molecule has 18 heavy (non-hydrogen) atoms. The molecule has 1 aromatic carbocycles. The number of phenolic OH excluding ortho intramolecular Hbond substituents is 1. The number of hydrogen-bond acceptors (Lipinski definition) is 2. The highest BCUT2D eigenvalue weighted by Crippen LogP contribution is 2.17. The van der Waals surface area contributed by atoms with Crippen LogP contribution in [0.15, 0.2) is 24.3 Å². The first kappa shape index (κ1) is 12.7. The van der Waals surface area contributed by atoms with Crippen molar-refractivity contribution in [2.45, 2.75) is 44.7 Å². The van der Waals surface area contributed by atoms with Crippen LogP contribution in [-0.2, 0) is 6.54 Å². The average Bonchev–Trinajstić information content (AvgIpc) is 2.39. The van der Waals surface area contributed by atoms with E-state index in [2.05, 4.69) is 10.6 Å². The van der Waals surface area contributed by atoms with Gasteiger partial charge in [-0.2, -0.15) is 0 Å². The van der Waals surface area contributed by atoms with Crippen LogP contribution < -0.4 is 10.6 Å². The van der Waals surface area contributed by atoms with Crippen LogP contribution in [0, 0.1) is 0 Å². The number of hydrogen-bond donors (Lipinski definition) is 3. The molecule has 1 saturated carbocycles. The van der Waals surface area contributed by atoms with E-state index in [0.29, 0.717) is 12.6 Å². The minimum absolute atomic E-state index is 0.102. The molecular weight excluding hydrogens is 228 g/mol. The molecule has 0 heterocycles. The Bertz CT molecular complexity index is 383. The Morgan fingerprint density at radius 1 is 1.17 bits per heavy atom. The number of carbonyl (C=O) groups excluding carboxylic acids is 1. The summed E-state index contributed by atoms with van der Waals surface area (Å²) in [6, 6.07) is 7.08. The Balaban J connectivity index is 1.72. The molecule has 0 unspecified atom stereocenters. The molecule has 0 bridgehead atoms. The Morgan fingerprint density at radius 2 is 1.83 bits per heavy atom. The van der Waals surface area contributed by atoms with E-state index in [1.807, 2.05) is 0 Å². The van der Waals surface area contributed by atoms with Gasteiger partial charge in [-0.1, -0.05) is 31.4 Å². The fourth-order valence-corrected chi connectivity index (χ4v) is 2.28. The van der Waals surface area contributed by atoms with Gasteiger partial charge in [0, 0.05) is 12.6 Å². The van der Waals surface area contributed by atoms with E-state index in [1.165, 1.54) is 19.3 Å². The van der Waals surface area contributed by atoms with Gasteiger partial charge in [-0.05, 0) is 30.5 Å². The molecule has 3 N–H and O–H groups in total. The normalized spacial score (nSPS) is 16.2. The van der Waals surface area contributed by atoms with Crippen LogP contribution in [0.4, 0.5) is 4.79 Å². The molecule has 0 radical (unpaired) electrons. The van der Waals surface area contributed by atoms with Gasteiger partial charge < -0.3 is 15.7 Å². The number of benzene rings is 1. The van der Waals surface area contributed by atoms with E-state index >= 15 is 0 Å². The Morgan fingerprint density at radius 3 is 2.50 bits per heavy atom. The lowest BCUT2D eigenvalue weighted by Gasteiger charge is -2.22. The molecule has 1 fully saturated rings. The van der Waals surface area contributed by atoms with E-state index in [9.17, 15) is 4.79 Å². The molecule has 0 aliphatic heterocycles. The molecule has 1 aliphatic rings. The number of carbonyl (C=O) groups is 1. The van der Waals surface area contributed by atoms with Crippen molar-refractivity contribution in [3.63, 3.8) is 0 Å². The number of nitrogens with one attached hydrogen (secondary N) is 2. The van der Waals surface area contributed by atoms with Crippen LogP contribution in [0.1, 0.15) is 37.7 Å². The van der Waals surface area contributed by atoms with Crippen LogP contribution in [0.2, 0.25) is 0 Å². The third-order valence-corrected chi connectivity index (χ3v) is 3.33. The Labute approximate surface area is 107 Å². The fraction of sp³-hybridized carbons (Fsp3) is 0.500. The molecule has 1 aromatic rings. The first-order valence-electron chi connectivity index (χ1n) is 6.56. The monoisotopic (exact) mass is 248 g/mol. The molecule has 1 aliphatic carbocycles. The van der Waals surface area contributed by atoms with Crippen molar-refractivity contribution in [1.82, 2.24) is 10.6 Å². The summed E-state index contributed by atoms with van der Waals surface area (Å²) in [6.07, 6.45) is 5.89. The van der Waals surface area contributed by atoms with Gasteiger partial charge in [-0.3, -0.25) is 0 Å². The lowest BCUT2D eigenvalue weighted by molar-refractivity contribution is 0.232. The predicted octanol–water partition coefficient (Wildman–Crippen LogP) is 2.52. The third-order valence-electron chi connectivity index (χ3n) is 3.33. The second-order valence-corrected chi connectivity index (χ2v) is 4.83. The molecule has 0 atom stereocenters. The molecule has 4 heteroatoms. The zero-order valence-corrected chi connectivity index (χ0v) is 10.5. The van der Waals surface area contributed by atoms with E-state index in [1.54, 1.807) is 24.3 Å². The maximum absolute atomic E-state index is 11.7. The molecule has 2 amide bonds. The minimum atomic E-state index is -0.102. The molecule has 2 rings (SSSR count). The first-order chi connectivity index (χ1) is 8.74. The zero-order valence-electron chi connectivity index (χ0n) is 10.5. The maximum atomic E-state index is 11.7. The number of rotatable bonds is 3. The summed E-state index contributed by atoms with van der Waals surface area (Å²) in [4.78, 5) is 11.7. The second kappa shape index (κ2) is 6.28. The van der Waals surface area contributed by atoms with Crippen LogP contribution >= 0.6 is 0 Å².